The molecule has 2 aromatic rings. The van der Waals surface area contributed by atoms with E-state index in [0.717, 1.165) is 40.7 Å². The summed E-state index contributed by atoms with van der Waals surface area (Å²) in [5.74, 6) is 0.573. The van der Waals surface area contributed by atoms with Crippen molar-refractivity contribution in [2.75, 3.05) is 22.6 Å². The molecule has 2 aliphatic rings. The molecule has 2 fully saturated rings. The van der Waals surface area contributed by atoms with Crippen molar-refractivity contribution in [3.63, 3.8) is 0 Å². The van der Waals surface area contributed by atoms with Crippen molar-refractivity contribution in [3.05, 3.63) is 35.9 Å². The Kier molecular flexibility index (Phi) is 6.94. The van der Waals surface area contributed by atoms with Crippen LogP contribution < -0.4 is 5.32 Å². The van der Waals surface area contributed by atoms with Gasteiger partial charge in [0.05, 0.1) is 17.3 Å². The molecule has 0 unspecified atom stereocenters. The van der Waals surface area contributed by atoms with Gasteiger partial charge in [0.25, 0.3) is 0 Å². The molecule has 162 valence electrons. The second-order valence-electron chi connectivity index (χ2n) is 7.80. The Labute approximate surface area is 185 Å². The zero-order valence-corrected chi connectivity index (χ0v) is 19.1. The van der Waals surface area contributed by atoms with Crippen molar-refractivity contribution < 1.29 is 13.2 Å². The maximum atomic E-state index is 13.1. The van der Waals surface area contributed by atoms with E-state index in [-0.39, 0.29) is 35.2 Å². The predicted molar refractivity (Wildman–Crippen MR) is 121 cm³/mol. The summed E-state index contributed by atoms with van der Waals surface area (Å²) in [6, 6.07) is 10.1. The number of nitrogens with one attached hydrogen (secondary N) is 1. The van der Waals surface area contributed by atoms with Crippen molar-refractivity contribution in [1.29, 1.82) is 0 Å². The average Bonchev–Trinajstić information content (AvgIpc) is 3.48. The number of thioether (sulfide) groups is 1. The van der Waals surface area contributed by atoms with E-state index in [1.54, 1.807) is 0 Å². The van der Waals surface area contributed by atoms with Crippen molar-refractivity contribution >= 4 is 44.0 Å². The van der Waals surface area contributed by atoms with Crippen LogP contribution >= 0.6 is 23.1 Å². The largest absolute Gasteiger partial charge is 0.356 e. The molecular formula is C20H26N4O3S3. The first-order chi connectivity index (χ1) is 14.5. The van der Waals surface area contributed by atoms with E-state index in [2.05, 4.69) is 15.5 Å². The number of carbonyl (C=O) groups excluding carboxylic acids is 1. The Hall–Kier alpha value is -1.65. The van der Waals surface area contributed by atoms with E-state index >= 15 is 0 Å². The van der Waals surface area contributed by atoms with Crippen molar-refractivity contribution in [2.45, 2.75) is 55.1 Å². The van der Waals surface area contributed by atoms with E-state index in [9.17, 15) is 13.2 Å². The molecule has 1 aromatic carbocycles. The van der Waals surface area contributed by atoms with Crippen LogP contribution in [0.15, 0.2) is 34.7 Å². The molecule has 1 atom stereocenters. The van der Waals surface area contributed by atoms with E-state index in [1.165, 1.54) is 23.1 Å². The molecule has 7 nitrogen and oxygen atoms in total. The van der Waals surface area contributed by atoms with Crippen molar-refractivity contribution in [1.82, 2.24) is 15.1 Å². The number of nitrogens with zero attached hydrogens (tertiary/aromatic N) is 3. The SMILES string of the molecule is O=C(CSc1nnc(NCc2ccccc2)s1)N(C1CCCC1)[C@@H]1CCS(=O)(=O)C1. The molecule has 0 bridgehead atoms. The molecule has 1 N–H and O–H groups in total. The summed E-state index contributed by atoms with van der Waals surface area (Å²) >= 11 is 2.81. The van der Waals surface area contributed by atoms with Crippen LogP contribution in [0.4, 0.5) is 5.13 Å². The van der Waals surface area contributed by atoms with Gasteiger partial charge in [-0.15, -0.1) is 10.2 Å². The molecule has 0 spiro atoms. The smallest absolute Gasteiger partial charge is 0.233 e. The van der Waals surface area contributed by atoms with E-state index in [4.69, 9.17) is 0 Å². The molecule has 10 heteroatoms. The van der Waals surface area contributed by atoms with Crippen LogP contribution in [0, 0.1) is 0 Å². The zero-order valence-electron chi connectivity index (χ0n) is 16.7. The summed E-state index contributed by atoms with van der Waals surface area (Å²) in [6.45, 7) is 0.671. The molecule has 1 amide bonds. The number of hydrogen-bond donors (Lipinski definition) is 1. The topological polar surface area (TPSA) is 92.3 Å². The van der Waals surface area contributed by atoms with Crippen LogP contribution in [0.5, 0.6) is 0 Å². The van der Waals surface area contributed by atoms with Gasteiger partial charge in [-0.1, -0.05) is 66.3 Å². The van der Waals surface area contributed by atoms with Gasteiger partial charge in [-0.05, 0) is 24.8 Å². The Morgan fingerprint density at radius 2 is 1.90 bits per heavy atom. The van der Waals surface area contributed by atoms with Crippen molar-refractivity contribution in [3.8, 4) is 0 Å². The van der Waals surface area contributed by atoms with Crippen LogP contribution in [-0.2, 0) is 21.2 Å². The van der Waals surface area contributed by atoms with Gasteiger partial charge in [-0.25, -0.2) is 8.42 Å². The number of aromatic nitrogens is 2. The number of amides is 1. The van der Waals surface area contributed by atoms with Crippen LogP contribution in [-0.4, -0.2) is 58.8 Å². The molecular weight excluding hydrogens is 440 g/mol. The number of anilines is 1. The lowest BCUT2D eigenvalue weighted by molar-refractivity contribution is -0.132. The van der Waals surface area contributed by atoms with Gasteiger partial charge in [0.2, 0.25) is 11.0 Å². The zero-order chi connectivity index (χ0) is 21.0. The molecule has 30 heavy (non-hydrogen) atoms. The molecule has 1 saturated heterocycles. The summed E-state index contributed by atoms with van der Waals surface area (Å²) in [6.07, 6.45) is 4.71. The van der Waals surface area contributed by atoms with Crippen LogP contribution in [0.25, 0.3) is 0 Å². The maximum absolute atomic E-state index is 13.1. The summed E-state index contributed by atoms with van der Waals surface area (Å²) < 4.78 is 24.7. The molecule has 4 rings (SSSR count). The highest BCUT2D eigenvalue weighted by Crippen LogP contribution is 2.31. The third-order valence-electron chi connectivity index (χ3n) is 5.62. The molecule has 0 radical (unpaired) electrons. The summed E-state index contributed by atoms with van der Waals surface area (Å²) in [5.41, 5.74) is 1.16. The summed E-state index contributed by atoms with van der Waals surface area (Å²) in [4.78, 5) is 15.0. The highest BCUT2D eigenvalue weighted by Gasteiger charge is 2.38. The van der Waals surface area contributed by atoms with Gasteiger partial charge in [0.1, 0.15) is 0 Å². The minimum Gasteiger partial charge on any atom is -0.356 e. The second kappa shape index (κ2) is 9.65. The minimum absolute atomic E-state index is 0.0167. The van der Waals surface area contributed by atoms with Gasteiger partial charge in [-0.3, -0.25) is 4.79 Å². The van der Waals surface area contributed by atoms with E-state index in [1.807, 2.05) is 35.2 Å². The fraction of sp³-hybridized carbons (Fsp3) is 0.550. The first kappa shape index (κ1) is 21.6. The number of carbonyl (C=O) groups is 1. The molecule has 1 aromatic heterocycles. The highest BCUT2D eigenvalue weighted by atomic mass is 32.2. The lowest BCUT2D eigenvalue weighted by Crippen LogP contribution is -2.47. The minimum atomic E-state index is -3.03. The molecule has 2 heterocycles. The van der Waals surface area contributed by atoms with E-state index in [0.29, 0.717) is 13.0 Å². The van der Waals surface area contributed by atoms with Gasteiger partial charge in [-0.2, -0.15) is 0 Å². The Morgan fingerprint density at radius 1 is 1.13 bits per heavy atom. The van der Waals surface area contributed by atoms with Gasteiger partial charge in [0.15, 0.2) is 14.2 Å². The average molecular weight is 467 g/mol. The second-order valence-corrected chi connectivity index (χ2v) is 12.2. The third-order valence-corrected chi connectivity index (χ3v) is 9.37. The number of hydrogen-bond acceptors (Lipinski definition) is 8. The van der Waals surface area contributed by atoms with E-state index < -0.39 is 9.84 Å². The predicted octanol–water partition coefficient (Wildman–Crippen LogP) is 3.20. The fourth-order valence-electron chi connectivity index (χ4n) is 4.19. The number of sulfone groups is 1. The van der Waals surface area contributed by atoms with Crippen LogP contribution in [0.2, 0.25) is 0 Å². The first-order valence-electron chi connectivity index (χ1n) is 10.3. The van der Waals surface area contributed by atoms with Crippen LogP contribution in [0.3, 0.4) is 0 Å². The number of benzene rings is 1. The summed E-state index contributed by atoms with van der Waals surface area (Å²) in [7, 11) is -3.03. The maximum Gasteiger partial charge on any atom is 0.233 e. The highest BCUT2D eigenvalue weighted by molar-refractivity contribution is 8.01. The van der Waals surface area contributed by atoms with Gasteiger partial charge < -0.3 is 10.2 Å². The van der Waals surface area contributed by atoms with Gasteiger partial charge >= 0.3 is 0 Å². The molecule has 1 aliphatic heterocycles. The quantitative estimate of drug-likeness (QED) is 0.597. The standard InChI is InChI=1S/C20H26N4O3S3/c25-18(24(16-8-4-5-9-16)17-10-11-30(26,27)14-17)13-28-20-23-22-19(29-20)21-12-15-6-2-1-3-7-15/h1-3,6-7,16-17H,4-5,8-14H2,(H,21,22)/t17-/m1/s1. The summed E-state index contributed by atoms with van der Waals surface area (Å²) in [5, 5.41) is 12.3. The van der Waals surface area contributed by atoms with Gasteiger partial charge in [0, 0.05) is 18.6 Å². The number of rotatable bonds is 8. The Bertz CT molecular complexity index is 959. The third kappa shape index (κ3) is 5.53. The normalized spacial score (nSPS) is 21.0. The Morgan fingerprint density at radius 3 is 2.60 bits per heavy atom. The molecule has 1 aliphatic carbocycles. The monoisotopic (exact) mass is 466 g/mol. The van der Waals surface area contributed by atoms with Crippen molar-refractivity contribution in [2.24, 2.45) is 0 Å². The molecule has 1 saturated carbocycles. The first-order valence-corrected chi connectivity index (χ1v) is 13.9. The lowest BCUT2D eigenvalue weighted by Gasteiger charge is -2.34. The van der Waals surface area contributed by atoms with Crippen LogP contribution in [0.1, 0.15) is 37.7 Å². The Balaban J connectivity index is 1.33. The fourth-order valence-corrected chi connectivity index (χ4v) is 7.52. The lowest BCUT2D eigenvalue weighted by atomic mass is 10.1.